The molecule has 2 N–H and O–H groups in total. The van der Waals surface area contributed by atoms with Crippen LogP contribution in [0, 0.1) is 5.82 Å². The molecule has 0 aliphatic rings. The minimum Gasteiger partial charge on any atom is -0.398 e. The number of thiazole rings is 1. The smallest absolute Gasteiger partial charge is 0.124 e. The summed E-state index contributed by atoms with van der Waals surface area (Å²) in [5, 5.41) is 2.82. The first kappa shape index (κ1) is 11.9. The minimum absolute atomic E-state index is 0.243. The molecule has 3 aromatic rings. The predicted molar refractivity (Wildman–Crippen MR) is 77.4 cm³/mol. The van der Waals surface area contributed by atoms with E-state index in [1.165, 1.54) is 23.5 Å². The first-order chi connectivity index (χ1) is 9.24. The van der Waals surface area contributed by atoms with E-state index in [1.54, 1.807) is 12.1 Å². The van der Waals surface area contributed by atoms with Crippen molar-refractivity contribution in [1.82, 2.24) is 4.98 Å². The Morgan fingerprint density at radius 1 is 1.00 bits per heavy atom. The molecular weight excluding hydrogens is 259 g/mol. The van der Waals surface area contributed by atoms with Gasteiger partial charge in [0.05, 0.1) is 5.69 Å². The zero-order valence-corrected chi connectivity index (χ0v) is 10.8. The van der Waals surface area contributed by atoms with Gasteiger partial charge < -0.3 is 5.73 Å². The number of anilines is 1. The highest BCUT2D eigenvalue weighted by atomic mass is 32.1. The van der Waals surface area contributed by atoms with Gasteiger partial charge in [0.25, 0.3) is 0 Å². The molecule has 0 spiro atoms. The molecule has 0 fully saturated rings. The summed E-state index contributed by atoms with van der Waals surface area (Å²) < 4.78 is 12.9. The van der Waals surface area contributed by atoms with Crippen molar-refractivity contribution < 1.29 is 4.39 Å². The van der Waals surface area contributed by atoms with Gasteiger partial charge in [-0.1, -0.05) is 18.2 Å². The molecule has 0 amide bonds. The fourth-order valence-electron chi connectivity index (χ4n) is 1.85. The third kappa shape index (κ3) is 2.35. The van der Waals surface area contributed by atoms with E-state index in [4.69, 9.17) is 5.73 Å². The Bertz CT molecular complexity index is 704. The number of nitrogen functional groups attached to an aromatic ring is 1. The van der Waals surface area contributed by atoms with Crippen LogP contribution in [0.25, 0.3) is 21.8 Å². The molecule has 0 bridgehead atoms. The molecule has 1 aromatic heterocycles. The van der Waals surface area contributed by atoms with Gasteiger partial charge in [0.2, 0.25) is 0 Å². The second-order valence-corrected chi connectivity index (χ2v) is 4.99. The van der Waals surface area contributed by atoms with Crippen LogP contribution < -0.4 is 5.73 Å². The van der Waals surface area contributed by atoms with E-state index in [0.717, 1.165) is 21.8 Å². The summed E-state index contributed by atoms with van der Waals surface area (Å²) in [5.41, 5.74) is 9.32. The molecule has 19 heavy (non-hydrogen) atoms. The van der Waals surface area contributed by atoms with Crippen LogP contribution in [-0.4, -0.2) is 4.98 Å². The number of hydrogen-bond acceptors (Lipinski definition) is 3. The molecule has 0 aliphatic heterocycles. The van der Waals surface area contributed by atoms with E-state index in [-0.39, 0.29) is 5.82 Å². The van der Waals surface area contributed by atoms with E-state index < -0.39 is 0 Å². The fraction of sp³-hybridized carbons (Fsp3) is 0. The zero-order valence-electron chi connectivity index (χ0n) is 10.0. The highest BCUT2D eigenvalue weighted by Crippen LogP contribution is 2.31. The van der Waals surface area contributed by atoms with Gasteiger partial charge in [-0.25, -0.2) is 9.37 Å². The van der Waals surface area contributed by atoms with Gasteiger partial charge in [-0.3, -0.25) is 0 Å². The highest BCUT2D eigenvalue weighted by Gasteiger charge is 2.08. The molecule has 2 aromatic carbocycles. The van der Waals surface area contributed by atoms with Crippen molar-refractivity contribution in [1.29, 1.82) is 0 Å². The number of nitrogens with two attached hydrogens (primary N) is 1. The molecule has 1 heterocycles. The minimum atomic E-state index is -0.243. The Kier molecular flexibility index (Phi) is 3.01. The summed E-state index contributed by atoms with van der Waals surface area (Å²) in [6.45, 7) is 0. The topological polar surface area (TPSA) is 38.9 Å². The van der Waals surface area contributed by atoms with Gasteiger partial charge in [0.15, 0.2) is 0 Å². The first-order valence-corrected chi connectivity index (χ1v) is 6.68. The van der Waals surface area contributed by atoms with Gasteiger partial charge >= 0.3 is 0 Å². The van der Waals surface area contributed by atoms with Crippen LogP contribution in [0.1, 0.15) is 0 Å². The maximum atomic E-state index is 12.9. The lowest BCUT2D eigenvalue weighted by molar-refractivity contribution is 0.628. The van der Waals surface area contributed by atoms with Crippen LogP contribution in [0.5, 0.6) is 0 Å². The Morgan fingerprint density at radius 3 is 2.47 bits per heavy atom. The van der Waals surface area contributed by atoms with Crippen molar-refractivity contribution in [3.63, 3.8) is 0 Å². The molecule has 0 unspecified atom stereocenters. The molecule has 0 radical (unpaired) electrons. The average molecular weight is 270 g/mol. The van der Waals surface area contributed by atoms with Crippen molar-refractivity contribution >= 4 is 17.0 Å². The van der Waals surface area contributed by atoms with Crippen molar-refractivity contribution in [2.24, 2.45) is 0 Å². The van der Waals surface area contributed by atoms with Crippen molar-refractivity contribution in [3.8, 4) is 21.8 Å². The number of rotatable bonds is 2. The summed E-state index contributed by atoms with van der Waals surface area (Å²) in [6.07, 6.45) is 0. The van der Waals surface area contributed by atoms with Crippen molar-refractivity contribution in [3.05, 3.63) is 59.7 Å². The van der Waals surface area contributed by atoms with Gasteiger partial charge in [0, 0.05) is 22.2 Å². The average Bonchev–Trinajstić information content (AvgIpc) is 2.89. The molecule has 0 atom stereocenters. The molecule has 0 aliphatic carbocycles. The third-order valence-corrected chi connectivity index (χ3v) is 3.72. The molecule has 3 rings (SSSR count). The number of halogens is 1. The largest absolute Gasteiger partial charge is 0.398 e. The normalized spacial score (nSPS) is 10.6. The lowest BCUT2D eigenvalue weighted by atomic mass is 10.1. The van der Waals surface area contributed by atoms with Crippen molar-refractivity contribution in [2.45, 2.75) is 0 Å². The monoisotopic (exact) mass is 270 g/mol. The van der Waals surface area contributed by atoms with Crippen LogP contribution in [-0.2, 0) is 0 Å². The zero-order chi connectivity index (χ0) is 13.2. The number of para-hydroxylation sites is 1. The number of aromatic nitrogens is 1. The predicted octanol–water partition coefficient (Wildman–Crippen LogP) is 4.20. The summed E-state index contributed by atoms with van der Waals surface area (Å²) in [4.78, 5) is 4.56. The Morgan fingerprint density at radius 2 is 1.74 bits per heavy atom. The third-order valence-electron chi connectivity index (χ3n) is 2.83. The molecule has 94 valence electrons. The van der Waals surface area contributed by atoms with E-state index in [0.29, 0.717) is 5.69 Å². The lowest BCUT2D eigenvalue weighted by Gasteiger charge is -2.00. The van der Waals surface area contributed by atoms with E-state index in [1.807, 2.05) is 29.6 Å². The molecule has 2 nitrogen and oxygen atoms in total. The highest BCUT2D eigenvalue weighted by molar-refractivity contribution is 7.13. The Balaban J connectivity index is 2.00. The molecule has 4 heteroatoms. The van der Waals surface area contributed by atoms with Crippen LogP contribution >= 0.6 is 11.3 Å². The van der Waals surface area contributed by atoms with Crippen LogP contribution in [0.2, 0.25) is 0 Å². The van der Waals surface area contributed by atoms with Crippen molar-refractivity contribution in [2.75, 3.05) is 5.73 Å². The Hall–Kier alpha value is -2.20. The van der Waals surface area contributed by atoms with Crippen LogP contribution in [0.15, 0.2) is 53.9 Å². The second kappa shape index (κ2) is 4.82. The SMILES string of the molecule is Nc1ccccc1-c1csc(-c2ccc(F)cc2)n1. The maximum absolute atomic E-state index is 12.9. The summed E-state index contributed by atoms with van der Waals surface area (Å²) in [6, 6.07) is 14.0. The number of benzene rings is 2. The summed E-state index contributed by atoms with van der Waals surface area (Å²) in [5.74, 6) is -0.243. The van der Waals surface area contributed by atoms with Crippen LogP contribution in [0.4, 0.5) is 10.1 Å². The fourth-order valence-corrected chi connectivity index (χ4v) is 2.68. The van der Waals surface area contributed by atoms with E-state index in [2.05, 4.69) is 4.98 Å². The lowest BCUT2D eigenvalue weighted by Crippen LogP contribution is -1.89. The van der Waals surface area contributed by atoms with E-state index in [9.17, 15) is 4.39 Å². The van der Waals surface area contributed by atoms with Gasteiger partial charge in [-0.05, 0) is 30.3 Å². The van der Waals surface area contributed by atoms with Gasteiger partial charge in [-0.2, -0.15) is 0 Å². The molecular formula is C15H11FN2S. The summed E-state index contributed by atoms with van der Waals surface area (Å²) in [7, 11) is 0. The molecule has 0 saturated heterocycles. The first-order valence-electron chi connectivity index (χ1n) is 5.80. The summed E-state index contributed by atoms with van der Waals surface area (Å²) >= 11 is 1.52. The Labute approximate surface area is 114 Å². The maximum Gasteiger partial charge on any atom is 0.124 e. The molecule has 0 saturated carbocycles. The quantitative estimate of drug-likeness (QED) is 0.709. The number of nitrogens with zero attached hydrogens (tertiary/aromatic N) is 1. The van der Waals surface area contributed by atoms with E-state index >= 15 is 0 Å². The van der Waals surface area contributed by atoms with Gasteiger partial charge in [-0.15, -0.1) is 11.3 Å². The van der Waals surface area contributed by atoms with Crippen LogP contribution in [0.3, 0.4) is 0 Å². The second-order valence-electron chi connectivity index (χ2n) is 4.13. The van der Waals surface area contributed by atoms with Gasteiger partial charge in [0.1, 0.15) is 10.8 Å². The standard InChI is InChI=1S/C15H11FN2S/c16-11-7-5-10(6-8-11)15-18-14(9-19-15)12-3-1-2-4-13(12)17/h1-9H,17H2. The number of hydrogen-bond donors (Lipinski definition) is 1.